The lowest BCUT2D eigenvalue weighted by Crippen LogP contribution is -2.27. The number of pyridine rings is 1. The molecule has 1 atom stereocenters. The van der Waals surface area contributed by atoms with Gasteiger partial charge in [-0.1, -0.05) is 6.92 Å². The predicted molar refractivity (Wildman–Crippen MR) is 74.5 cm³/mol. The minimum absolute atomic E-state index is 0.386. The van der Waals surface area contributed by atoms with Gasteiger partial charge in [0.15, 0.2) is 0 Å². The first-order valence-corrected chi connectivity index (χ1v) is 6.48. The topological polar surface area (TPSA) is 28.2 Å². The zero-order chi connectivity index (χ0) is 12.8. The second-order valence-corrected chi connectivity index (χ2v) is 4.83. The molecular weight excluding hydrogens is 210 g/mol. The molecule has 1 aromatic heterocycles. The molecule has 0 amide bonds. The molecule has 0 aliphatic carbocycles. The Balaban J connectivity index is 2.78. The molecule has 0 spiro atoms. The molecule has 0 saturated heterocycles. The SMILES string of the molecule is CCCNC(C)c1ccnc(N(C)C(C)C)c1. The summed E-state index contributed by atoms with van der Waals surface area (Å²) in [4.78, 5) is 6.61. The van der Waals surface area contributed by atoms with Crippen LogP contribution in [0, 0.1) is 0 Å². The van der Waals surface area contributed by atoms with Gasteiger partial charge in [0.05, 0.1) is 0 Å². The van der Waals surface area contributed by atoms with Crippen molar-refractivity contribution in [3.8, 4) is 0 Å². The van der Waals surface area contributed by atoms with E-state index in [2.05, 4.69) is 62.1 Å². The fourth-order valence-electron chi connectivity index (χ4n) is 1.64. The molecule has 0 aromatic carbocycles. The van der Waals surface area contributed by atoms with Gasteiger partial charge in [-0.05, 0) is 51.4 Å². The fourth-order valence-corrected chi connectivity index (χ4v) is 1.64. The highest BCUT2D eigenvalue weighted by Gasteiger charge is 2.09. The van der Waals surface area contributed by atoms with E-state index in [4.69, 9.17) is 0 Å². The Morgan fingerprint density at radius 1 is 1.35 bits per heavy atom. The summed E-state index contributed by atoms with van der Waals surface area (Å²) in [5.41, 5.74) is 1.30. The third kappa shape index (κ3) is 4.00. The van der Waals surface area contributed by atoms with Gasteiger partial charge in [-0.15, -0.1) is 0 Å². The van der Waals surface area contributed by atoms with E-state index in [1.54, 1.807) is 0 Å². The number of hydrogen-bond acceptors (Lipinski definition) is 3. The highest BCUT2D eigenvalue weighted by Crippen LogP contribution is 2.18. The van der Waals surface area contributed by atoms with Crippen LogP contribution in [-0.2, 0) is 0 Å². The molecule has 17 heavy (non-hydrogen) atoms. The van der Waals surface area contributed by atoms with Gasteiger partial charge >= 0.3 is 0 Å². The Hall–Kier alpha value is -1.09. The van der Waals surface area contributed by atoms with Crippen molar-refractivity contribution in [1.29, 1.82) is 0 Å². The van der Waals surface area contributed by atoms with Crippen LogP contribution in [0.4, 0.5) is 5.82 Å². The maximum absolute atomic E-state index is 4.42. The summed E-state index contributed by atoms with van der Waals surface area (Å²) >= 11 is 0. The summed E-state index contributed by atoms with van der Waals surface area (Å²) < 4.78 is 0. The molecule has 3 nitrogen and oxygen atoms in total. The number of rotatable bonds is 6. The first kappa shape index (κ1) is 14.0. The van der Waals surface area contributed by atoms with E-state index >= 15 is 0 Å². The van der Waals surface area contributed by atoms with Crippen LogP contribution in [0.5, 0.6) is 0 Å². The lowest BCUT2D eigenvalue weighted by molar-refractivity contribution is 0.570. The van der Waals surface area contributed by atoms with Crippen LogP contribution in [0.3, 0.4) is 0 Å². The van der Waals surface area contributed by atoms with Crippen LogP contribution in [0.25, 0.3) is 0 Å². The molecule has 1 N–H and O–H groups in total. The molecule has 0 aliphatic heterocycles. The van der Waals surface area contributed by atoms with Crippen molar-refractivity contribution >= 4 is 5.82 Å². The maximum Gasteiger partial charge on any atom is 0.128 e. The Labute approximate surface area is 105 Å². The van der Waals surface area contributed by atoms with Gasteiger partial charge in [0.2, 0.25) is 0 Å². The highest BCUT2D eigenvalue weighted by atomic mass is 15.2. The van der Waals surface area contributed by atoms with Gasteiger partial charge in [-0.2, -0.15) is 0 Å². The summed E-state index contributed by atoms with van der Waals surface area (Å²) in [7, 11) is 2.08. The quantitative estimate of drug-likeness (QED) is 0.821. The normalized spacial score (nSPS) is 12.8. The fraction of sp³-hybridized carbons (Fsp3) is 0.643. The van der Waals surface area contributed by atoms with Crippen molar-refractivity contribution in [2.24, 2.45) is 0 Å². The van der Waals surface area contributed by atoms with Crippen LogP contribution in [0.2, 0.25) is 0 Å². The molecule has 96 valence electrons. The first-order valence-electron chi connectivity index (χ1n) is 6.48. The Bertz CT molecular complexity index is 336. The van der Waals surface area contributed by atoms with Gasteiger partial charge < -0.3 is 10.2 Å². The number of nitrogens with zero attached hydrogens (tertiary/aromatic N) is 2. The van der Waals surface area contributed by atoms with Gasteiger partial charge in [0.25, 0.3) is 0 Å². The van der Waals surface area contributed by atoms with Crippen LogP contribution in [0.15, 0.2) is 18.3 Å². The molecule has 0 aliphatic rings. The largest absolute Gasteiger partial charge is 0.357 e. The van der Waals surface area contributed by atoms with Crippen molar-refractivity contribution in [2.75, 3.05) is 18.5 Å². The summed E-state index contributed by atoms with van der Waals surface area (Å²) in [6.45, 7) is 9.79. The maximum atomic E-state index is 4.42. The molecular formula is C14H25N3. The average molecular weight is 235 g/mol. The smallest absolute Gasteiger partial charge is 0.128 e. The predicted octanol–water partition coefficient (Wildman–Crippen LogP) is 2.99. The lowest BCUT2D eigenvalue weighted by atomic mass is 10.1. The molecule has 1 heterocycles. The van der Waals surface area contributed by atoms with E-state index in [9.17, 15) is 0 Å². The number of nitrogens with one attached hydrogen (secondary N) is 1. The van der Waals surface area contributed by atoms with E-state index in [0.29, 0.717) is 12.1 Å². The Morgan fingerprint density at radius 2 is 2.06 bits per heavy atom. The van der Waals surface area contributed by atoms with Gasteiger partial charge in [0.1, 0.15) is 5.82 Å². The summed E-state index contributed by atoms with van der Waals surface area (Å²) in [6, 6.07) is 5.12. The van der Waals surface area contributed by atoms with Gasteiger partial charge in [-0.25, -0.2) is 4.98 Å². The minimum atomic E-state index is 0.386. The molecule has 1 aromatic rings. The number of hydrogen-bond donors (Lipinski definition) is 1. The van der Waals surface area contributed by atoms with E-state index in [1.807, 2.05) is 6.20 Å². The van der Waals surface area contributed by atoms with Crippen LogP contribution in [-0.4, -0.2) is 24.6 Å². The van der Waals surface area contributed by atoms with Gasteiger partial charge in [-0.3, -0.25) is 0 Å². The second-order valence-electron chi connectivity index (χ2n) is 4.83. The lowest BCUT2D eigenvalue weighted by Gasteiger charge is -2.24. The molecule has 3 heteroatoms. The van der Waals surface area contributed by atoms with Crippen LogP contribution < -0.4 is 10.2 Å². The molecule has 0 fully saturated rings. The average Bonchev–Trinajstić information content (AvgIpc) is 2.35. The number of anilines is 1. The minimum Gasteiger partial charge on any atom is -0.357 e. The third-order valence-electron chi connectivity index (χ3n) is 3.11. The molecule has 0 bridgehead atoms. The third-order valence-corrected chi connectivity index (χ3v) is 3.11. The molecule has 0 radical (unpaired) electrons. The van der Waals surface area contributed by atoms with E-state index < -0.39 is 0 Å². The van der Waals surface area contributed by atoms with E-state index in [-0.39, 0.29) is 0 Å². The molecule has 1 rings (SSSR count). The monoisotopic (exact) mass is 235 g/mol. The van der Waals surface area contributed by atoms with Crippen LogP contribution >= 0.6 is 0 Å². The summed E-state index contributed by atoms with van der Waals surface area (Å²) in [6.07, 6.45) is 3.06. The van der Waals surface area contributed by atoms with E-state index in [0.717, 1.165) is 18.8 Å². The standard InChI is InChI=1S/C14H25N3/c1-6-8-15-12(4)13-7-9-16-14(10-13)17(5)11(2)3/h7,9-12,15H,6,8H2,1-5H3. The summed E-state index contributed by atoms with van der Waals surface area (Å²) in [5, 5.41) is 3.50. The first-order chi connectivity index (χ1) is 8.06. The van der Waals surface area contributed by atoms with Crippen LogP contribution in [0.1, 0.15) is 45.7 Å². The van der Waals surface area contributed by atoms with Crippen molar-refractivity contribution in [2.45, 2.75) is 46.2 Å². The second kappa shape index (κ2) is 6.60. The Morgan fingerprint density at radius 3 is 2.65 bits per heavy atom. The zero-order valence-electron chi connectivity index (χ0n) is 11.7. The van der Waals surface area contributed by atoms with Crippen molar-refractivity contribution < 1.29 is 0 Å². The zero-order valence-corrected chi connectivity index (χ0v) is 11.7. The Kier molecular flexibility index (Phi) is 5.42. The molecule has 0 saturated carbocycles. The highest BCUT2D eigenvalue weighted by molar-refractivity contribution is 5.41. The van der Waals surface area contributed by atoms with Crippen molar-refractivity contribution in [3.63, 3.8) is 0 Å². The summed E-state index contributed by atoms with van der Waals surface area (Å²) in [5.74, 6) is 1.04. The van der Waals surface area contributed by atoms with Crippen molar-refractivity contribution in [3.05, 3.63) is 23.9 Å². The van der Waals surface area contributed by atoms with E-state index in [1.165, 1.54) is 5.56 Å². The van der Waals surface area contributed by atoms with Crippen molar-refractivity contribution in [1.82, 2.24) is 10.3 Å². The van der Waals surface area contributed by atoms with Gasteiger partial charge in [0, 0.05) is 25.3 Å². The molecule has 1 unspecified atom stereocenters. The number of aromatic nitrogens is 1.